The molecule has 38 heavy (non-hydrogen) atoms. The Labute approximate surface area is 226 Å². The van der Waals surface area contributed by atoms with Crippen LogP contribution in [0.1, 0.15) is 43.0 Å². The molecule has 4 rings (SSSR count). The monoisotopic (exact) mass is 528 g/mol. The van der Waals surface area contributed by atoms with Gasteiger partial charge in [0.1, 0.15) is 22.9 Å². The zero-order chi connectivity index (χ0) is 27.2. The third-order valence-corrected chi connectivity index (χ3v) is 7.25. The third kappa shape index (κ3) is 5.87. The van der Waals surface area contributed by atoms with E-state index in [9.17, 15) is 19.6 Å². The van der Waals surface area contributed by atoms with Crippen molar-refractivity contribution >= 4 is 35.2 Å². The highest BCUT2D eigenvalue weighted by atomic mass is 32.2. The Hall–Kier alpha value is -4.16. The molecule has 2 aromatic carbocycles. The molecule has 1 atom stereocenters. The summed E-state index contributed by atoms with van der Waals surface area (Å²) in [6.07, 6.45) is -0.112. The van der Waals surface area contributed by atoms with Crippen molar-refractivity contribution < 1.29 is 19.1 Å². The van der Waals surface area contributed by atoms with Crippen LogP contribution in [0, 0.1) is 11.3 Å². The van der Waals surface area contributed by atoms with Crippen LogP contribution in [0.4, 0.5) is 5.69 Å². The van der Waals surface area contributed by atoms with Gasteiger partial charge >= 0.3 is 0 Å². The summed E-state index contributed by atoms with van der Waals surface area (Å²) in [4.78, 5) is 47.3. The van der Waals surface area contributed by atoms with Gasteiger partial charge in [-0.3, -0.25) is 14.4 Å². The Balaban J connectivity index is 1.59. The lowest BCUT2D eigenvalue weighted by Crippen LogP contribution is -2.45. The van der Waals surface area contributed by atoms with Crippen LogP contribution in [0.2, 0.25) is 0 Å². The summed E-state index contributed by atoms with van der Waals surface area (Å²) >= 11 is 1.16. The molecule has 3 aromatic rings. The SMILES string of the molecule is COc1ccc(N2C(=O)CC(N(Cc3ccccc3)C(=O)CSc3nc(C(C)C)ccc3C#N)C2=O)cc1. The number of nitrogens with zero attached hydrogens (tertiary/aromatic N) is 4. The number of hydrogen-bond acceptors (Lipinski definition) is 7. The molecule has 0 spiro atoms. The largest absolute Gasteiger partial charge is 0.497 e. The number of aromatic nitrogens is 1. The smallest absolute Gasteiger partial charge is 0.257 e. The predicted octanol–water partition coefficient (Wildman–Crippen LogP) is 4.54. The van der Waals surface area contributed by atoms with Gasteiger partial charge in [-0.05, 0) is 47.9 Å². The van der Waals surface area contributed by atoms with Gasteiger partial charge in [0, 0.05) is 12.2 Å². The van der Waals surface area contributed by atoms with Gasteiger partial charge in [-0.2, -0.15) is 5.26 Å². The maximum atomic E-state index is 13.6. The van der Waals surface area contributed by atoms with Crippen LogP contribution in [0.15, 0.2) is 71.8 Å². The van der Waals surface area contributed by atoms with Crippen molar-refractivity contribution in [3.63, 3.8) is 0 Å². The van der Waals surface area contributed by atoms with Crippen molar-refractivity contribution in [1.82, 2.24) is 9.88 Å². The number of hydrogen-bond donors (Lipinski definition) is 0. The minimum atomic E-state index is -0.941. The molecule has 1 saturated heterocycles. The number of ether oxygens (including phenoxy) is 1. The highest BCUT2D eigenvalue weighted by molar-refractivity contribution is 8.00. The second-order valence-electron chi connectivity index (χ2n) is 9.14. The summed E-state index contributed by atoms with van der Waals surface area (Å²) in [6, 6.07) is 20.7. The van der Waals surface area contributed by atoms with E-state index in [0.717, 1.165) is 27.9 Å². The molecule has 0 bridgehead atoms. The fraction of sp³-hybridized carbons (Fsp3) is 0.276. The quantitative estimate of drug-likeness (QED) is 0.297. The fourth-order valence-corrected chi connectivity index (χ4v) is 5.06. The highest BCUT2D eigenvalue weighted by Crippen LogP contribution is 2.30. The fourth-order valence-electron chi connectivity index (χ4n) is 4.20. The second kappa shape index (κ2) is 11.9. The molecule has 9 heteroatoms. The van der Waals surface area contributed by atoms with E-state index in [1.807, 2.05) is 50.2 Å². The van der Waals surface area contributed by atoms with Gasteiger partial charge in [-0.15, -0.1) is 0 Å². The van der Waals surface area contributed by atoms with Crippen molar-refractivity contribution in [2.24, 2.45) is 0 Å². The Morgan fingerprint density at radius 2 is 1.84 bits per heavy atom. The summed E-state index contributed by atoms with van der Waals surface area (Å²) in [5, 5.41) is 10.0. The van der Waals surface area contributed by atoms with Gasteiger partial charge in [0.05, 0.1) is 30.5 Å². The number of anilines is 1. The van der Waals surface area contributed by atoms with Crippen LogP contribution in [-0.2, 0) is 20.9 Å². The van der Waals surface area contributed by atoms with Crippen molar-refractivity contribution in [2.45, 2.75) is 43.8 Å². The van der Waals surface area contributed by atoms with Crippen LogP contribution in [0.3, 0.4) is 0 Å². The molecule has 1 aliphatic heterocycles. The molecule has 1 fully saturated rings. The number of methoxy groups -OCH3 is 1. The second-order valence-corrected chi connectivity index (χ2v) is 10.1. The van der Waals surface area contributed by atoms with Crippen molar-refractivity contribution in [1.29, 1.82) is 5.26 Å². The number of carbonyl (C=O) groups is 3. The number of carbonyl (C=O) groups excluding carboxylic acids is 3. The Kier molecular flexibility index (Phi) is 8.44. The Bertz CT molecular complexity index is 1370. The first kappa shape index (κ1) is 26.9. The van der Waals surface area contributed by atoms with Gasteiger partial charge in [0.25, 0.3) is 5.91 Å². The molecule has 2 heterocycles. The number of pyridine rings is 1. The molecule has 0 aliphatic carbocycles. The van der Waals surface area contributed by atoms with Gasteiger partial charge in [0.15, 0.2) is 0 Å². The molecule has 1 unspecified atom stereocenters. The van der Waals surface area contributed by atoms with E-state index in [1.54, 1.807) is 30.3 Å². The van der Waals surface area contributed by atoms with E-state index >= 15 is 0 Å². The topological polar surface area (TPSA) is 104 Å². The molecule has 3 amide bonds. The minimum Gasteiger partial charge on any atom is -0.497 e. The van der Waals surface area contributed by atoms with Gasteiger partial charge in [-0.25, -0.2) is 9.88 Å². The predicted molar refractivity (Wildman–Crippen MR) is 145 cm³/mol. The van der Waals surface area contributed by atoms with Crippen LogP contribution in [0.5, 0.6) is 5.75 Å². The van der Waals surface area contributed by atoms with Gasteiger partial charge < -0.3 is 9.64 Å². The molecular formula is C29H28N4O4S. The highest BCUT2D eigenvalue weighted by Gasteiger charge is 2.44. The zero-order valence-corrected chi connectivity index (χ0v) is 22.3. The van der Waals surface area contributed by atoms with Crippen LogP contribution >= 0.6 is 11.8 Å². The van der Waals surface area contributed by atoms with E-state index in [-0.39, 0.29) is 36.5 Å². The van der Waals surface area contributed by atoms with E-state index in [0.29, 0.717) is 22.0 Å². The number of amides is 3. The van der Waals surface area contributed by atoms with Crippen molar-refractivity contribution in [2.75, 3.05) is 17.8 Å². The first-order valence-corrected chi connectivity index (χ1v) is 13.2. The van der Waals surface area contributed by atoms with E-state index < -0.39 is 11.9 Å². The van der Waals surface area contributed by atoms with Crippen LogP contribution in [-0.4, -0.2) is 46.5 Å². The lowest BCUT2D eigenvalue weighted by molar-refractivity contribution is -0.136. The Morgan fingerprint density at radius 3 is 2.47 bits per heavy atom. The molecule has 1 aromatic heterocycles. The van der Waals surface area contributed by atoms with Gasteiger partial charge in [-0.1, -0.05) is 55.9 Å². The summed E-state index contributed by atoms with van der Waals surface area (Å²) in [5.41, 5.74) is 2.48. The van der Waals surface area contributed by atoms with Crippen LogP contribution in [0.25, 0.3) is 0 Å². The lowest BCUT2D eigenvalue weighted by atomic mass is 10.1. The molecule has 194 valence electrons. The third-order valence-electron chi connectivity index (χ3n) is 6.27. The lowest BCUT2D eigenvalue weighted by Gasteiger charge is -2.28. The molecule has 0 saturated carbocycles. The molecule has 8 nitrogen and oxygen atoms in total. The molecule has 0 N–H and O–H groups in total. The summed E-state index contributed by atoms with van der Waals surface area (Å²) in [7, 11) is 1.54. The maximum Gasteiger partial charge on any atom is 0.257 e. The number of rotatable bonds is 9. The number of imide groups is 1. The number of benzene rings is 2. The average molecular weight is 529 g/mol. The van der Waals surface area contributed by atoms with Crippen molar-refractivity contribution in [3.05, 3.63) is 83.6 Å². The molecule has 0 radical (unpaired) electrons. The number of nitriles is 1. The van der Waals surface area contributed by atoms with Crippen LogP contribution < -0.4 is 9.64 Å². The summed E-state index contributed by atoms with van der Waals surface area (Å²) in [6.45, 7) is 4.19. The zero-order valence-electron chi connectivity index (χ0n) is 21.5. The maximum absolute atomic E-state index is 13.6. The van der Waals surface area contributed by atoms with E-state index in [4.69, 9.17) is 4.74 Å². The van der Waals surface area contributed by atoms with Gasteiger partial charge in [0.2, 0.25) is 11.8 Å². The molecule has 1 aliphatic rings. The van der Waals surface area contributed by atoms with E-state index in [2.05, 4.69) is 11.1 Å². The normalized spacial score (nSPS) is 15.0. The van der Waals surface area contributed by atoms with Crippen molar-refractivity contribution in [3.8, 4) is 11.8 Å². The first-order valence-electron chi connectivity index (χ1n) is 12.2. The first-order chi connectivity index (χ1) is 18.3. The number of thioether (sulfide) groups is 1. The summed E-state index contributed by atoms with van der Waals surface area (Å²) < 4.78 is 5.17. The minimum absolute atomic E-state index is 0.0312. The average Bonchev–Trinajstić information content (AvgIpc) is 3.23. The molecular weight excluding hydrogens is 500 g/mol. The Morgan fingerprint density at radius 1 is 1.13 bits per heavy atom. The van der Waals surface area contributed by atoms with E-state index in [1.165, 1.54) is 12.0 Å². The summed E-state index contributed by atoms with van der Waals surface area (Å²) in [5.74, 6) is -0.403. The standard InChI is InChI=1S/C29H28N4O4S/c1-19(2)24-14-9-21(16-30)28(31-24)38-18-27(35)32(17-20-7-5-4-6-8-20)25-15-26(34)33(29(25)36)22-10-12-23(37-3)13-11-22/h4-14,19,25H,15,17-18H2,1-3H3.